The van der Waals surface area contributed by atoms with Crippen LogP contribution in [0.25, 0.3) is 0 Å². The summed E-state index contributed by atoms with van der Waals surface area (Å²) >= 11 is 5.70. The molecule has 2 aromatic rings. The van der Waals surface area contributed by atoms with E-state index in [2.05, 4.69) is 10.3 Å². The molecule has 2 rings (SSSR count). The average molecular weight is 302 g/mol. The van der Waals surface area contributed by atoms with Gasteiger partial charge >= 0.3 is 6.18 Å². The van der Waals surface area contributed by atoms with Crippen molar-refractivity contribution in [2.75, 3.05) is 11.1 Å². The predicted octanol–water partition coefficient (Wildman–Crippen LogP) is 4.39. The minimum atomic E-state index is -4.45. The third kappa shape index (κ3) is 3.33. The van der Waals surface area contributed by atoms with Crippen LogP contribution >= 0.6 is 11.6 Å². The molecule has 0 atom stereocenters. The number of halogens is 4. The highest BCUT2D eigenvalue weighted by molar-refractivity contribution is 6.31. The molecule has 0 unspecified atom stereocenters. The Morgan fingerprint density at radius 3 is 2.50 bits per heavy atom. The number of anilines is 3. The topological polar surface area (TPSA) is 50.9 Å². The molecular weight excluding hydrogens is 291 g/mol. The number of alkyl halides is 3. The lowest BCUT2D eigenvalue weighted by Crippen LogP contribution is -2.06. The van der Waals surface area contributed by atoms with Gasteiger partial charge in [-0.1, -0.05) is 11.6 Å². The minimum Gasteiger partial charge on any atom is -0.397 e. The van der Waals surface area contributed by atoms with Crippen LogP contribution in [0, 0.1) is 6.92 Å². The second-order valence-corrected chi connectivity index (χ2v) is 4.71. The van der Waals surface area contributed by atoms with Gasteiger partial charge < -0.3 is 11.1 Å². The Hall–Kier alpha value is -1.95. The number of rotatable bonds is 2. The number of aromatic nitrogens is 1. The lowest BCUT2D eigenvalue weighted by molar-refractivity contribution is -0.137. The fraction of sp³-hybridized carbons (Fsp3) is 0.154. The average Bonchev–Trinajstić information content (AvgIpc) is 2.32. The van der Waals surface area contributed by atoms with Crippen LogP contribution in [0.5, 0.6) is 0 Å². The van der Waals surface area contributed by atoms with Crippen LogP contribution in [0.15, 0.2) is 30.5 Å². The lowest BCUT2D eigenvalue weighted by Gasteiger charge is -2.12. The van der Waals surface area contributed by atoms with E-state index in [9.17, 15) is 13.2 Å². The van der Waals surface area contributed by atoms with Crippen LogP contribution in [-0.2, 0) is 6.18 Å². The van der Waals surface area contributed by atoms with Crippen molar-refractivity contribution in [3.8, 4) is 0 Å². The Balaban J connectivity index is 2.33. The molecule has 20 heavy (non-hydrogen) atoms. The molecule has 0 saturated heterocycles. The van der Waals surface area contributed by atoms with Gasteiger partial charge in [0, 0.05) is 10.7 Å². The van der Waals surface area contributed by atoms with Crippen molar-refractivity contribution < 1.29 is 13.2 Å². The molecule has 1 heterocycles. The zero-order valence-corrected chi connectivity index (χ0v) is 11.2. The minimum absolute atomic E-state index is 0.00510. The van der Waals surface area contributed by atoms with Gasteiger partial charge in [-0.3, -0.25) is 0 Å². The number of hydrogen-bond donors (Lipinski definition) is 2. The normalized spacial score (nSPS) is 11.4. The van der Waals surface area contributed by atoms with Gasteiger partial charge in [0.15, 0.2) is 0 Å². The second kappa shape index (κ2) is 5.20. The summed E-state index contributed by atoms with van der Waals surface area (Å²) in [5.41, 5.74) is 6.31. The molecule has 3 nitrogen and oxygen atoms in total. The Kier molecular flexibility index (Phi) is 3.76. The van der Waals surface area contributed by atoms with Crippen molar-refractivity contribution in [1.82, 2.24) is 4.98 Å². The molecule has 0 fully saturated rings. The summed E-state index contributed by atoms with van der Waals surface area (Å²) in [6.07, 6.45) is -3.02. The van der Waals surface area contributed by atoms with Crippen molar-refractivity contribution in [2.24, 2.45) is 0 Å². The second-order valence-electron chi connectivity index (χ2n) is 4.28. The highest BCUT2D eigenvalue weighted by Crippen LogP contribution is 2.34. The molecule has 1 aromatic carbocycles. The summed E-state index contributed by atoms with van der Waals surface area (Å²) in [5.74, 6) is 0.395. The predicted molar refractivity (Wildman–Crippen MR) is 73.1 cm³/mol. The number of aryl methyl sites for hydroxylation is 1. The number of nitrogens with one attached hydrogen (secondary N) is 1. The third-order valence-corrected chi connectivity index (χ3v) is 2.87. The fourth-order valence-electron chi connectivity index (χ4n) is 1.61. The zero-order valence-electron chi connectivity index (χ0n) is 10.4. The van der Waals surface area contributed by atoms with Crippen molar-refractivity contribution >= 4 is 28.8 Å². The Bertz CT molecular complexity index is 641. The van der Waals surface area contributed by atoms with Crippen LogP contribution < -0.4 is 11.1 Å². The van der Waals surface area contributed by atoms with E-state index >= 15 is 0 Å². The molecule has 0 aliphatic rings. The molecule has 0 aliphatic carbocycles. The van der Waals surface area contributed by atoms with Gasteiger partial charge in [0.2, 0.25) is 0 Å². The smallest absolute Gasteiger partial charge is 0.397 e. The molecule has 0 aliphatic heterocycles. The first-order valence-electron chi connectivity index (χ1n) is 5.62. The molecule has 0 saturated carbocycles. The molecule has 0 bridgehead atoms. The quantitative estimate of drug-likeness (QED) is 0.865. The van der Waals surface area contributed by atoms with Crippen molar-refractivity contribution in [1.29, 1.82) is 0 Å². The highest BCUT2D eigenvalue weighted by atomic mass is 35.5. The number of nitrogen functional groups attached to an aromatic ring is 1. The van der Waals surface area contributed by atoms with E-state index in [4.69, 9.17) is 17.3 Å². The van der Waals surface area contributed by atoms with Gasteiger partial charge in [0.05, 0.1) is 17.4 Å². The van der Waals surface area contributed by atoms with E-state index in [1.807, 2.05) is 0 Å². The summed E-state index contributed by atoms with van der Waals surface area (Å²) in [5, 5.41) is 2.77. The zero-order chi connectivity index (χ0) is 14.9. The Morgan fingerprint density at radius 2 is 1.90 bits per heavy atom. The first kappa shape index (κ1) is 14.5. The summed E-state index contributed by atoms with van der Waals surface area (Å²) in [4.78, 5) is 4.00. The van der Waals surface area contributed by atoms with Gasteiger partial charge in [0.1, 0.15) is 5.82 Å². The number of nitrogens with zero attached hydrogens (tertiary/aromatic N) is 1. The molecule has 0 amide bonds. The van der Waals surface area contributed by atoms with Crippen LogP contribution in [-0.4, -0.2) is 4.98 Å². The summed E-state index contributed by atoms with van der Waals surface area (Å²) < 4.78 is 38.1. The van der Waals surface area contributed by atoms with E-state index in [1.165, 1.54) is 12.3 Å². The van der Waals surface area contributed by atoms with Crippen LogP contribution in [0.3, 0.4) is 0 Å². The molecule has 7 heteroatoms. The van der Waals surface area contributed by atoms with Crippen LogP contribution in [0.2, 0.25) is 5.02 Å². The molecule has 0 spiro atoms. The SMILES string of the molecule is Cc1cc(Nc2cc(Cl)cc(C(F)(F)F)c2)ncc1N. The van der Waals surface area contributed by atoms with Gasteiger partial charge in [-0.15, -0.1) is 0 Å². The Morgan fingerprint density at radius 1 is 1.20 bits per heavy atom. The van der Waals surface area contributed by atoms with Gasteiger partial charge in [0.25, 0.3) is 0 Å². The summed E-state index contributed by atoms with van der Waals surface area (Å²) in [7, 11) is 0. The van der Waals surface area contributed by atoms with Crippen molar-refractivity contribution in [3.63, 3.8) is 0 Å². The van der Waals surface area contributed by atoms with E-state index in [1.54, 1.807) is 13.0 Å². The molecule has 0 radical (unpaired) electrons. The molecular formula is C13H11ClF3N3. The van der Waals surface area contributed by atoms with Crippen LogP contribution in [0.4, 0.5) is 30.4 Å². The van der Waals surface area contributed by atoms with Gasteiger partial charge in [-0.25, -0.2) is 4.98 Å². The monoisotopic (exact) mass is 301 g/mol. The number of hydrogen-bond acceptors (Lipinski definition) is 3. The molecule has 1 aromatic heterocycles. The van der Waals surface area contributed by atoms with E-state index in [0.29, 0.717) is 11.5 Å². The number of pyridine rings is 1. The first-order chi connectivity index (χ1) is 9.25. The fourth-order valence-corrected chi connectivity index (χ4v) is 1.84. The van der Waals surface area contributed by atoms with E-state index in [-0.39, 0.29) is 10.7 Å². The molecule has 3 N–H and O–H groups in total. The maximum Gasteiger partial charge on any atom is 0.416 e. The Labute approximate surface area is 118 Å². The maximum atomic E-state index is 12.7. The maximum absolute atomic E-state index is 12.7. The van der Waals surface area contributed by atoms with Crippen LogP contribution in [0.1, 0.15) is 11.1 Å². The summed E-state index contributed by atoms with van der Waals surface area (Å²) in [6.45, 7) is 1.78. The number of benzene rings is 1. The molecule has 106 valence electrons. The number of nitrogens with two attached hydrogens (primary N) is 1. The van der Waals surface area contributed by atoms with Gasteiger partial charge in [-0.05, 0) is 36.8 Å². The van der Waals surface area contributed by atoms with Gasteiger partial charge in [-0.2, -0.15) is 13.2 Å². The standard InChI is InChI=1S/C13H11ClF3N3/c1-7-2-12(19-6-11(7)18)20-10-4-8(13(15,16)17)3-9(14)5-10/h2-6H,18H2,1H3,(H,19,20). The lowest BCUT2D eigenvalue weighted by atomic mass is 10.2. The van der Waals surface area contributed by atoms with Crippen molar-refractivity contribution in [3.05, 3.63) is 46.6 Å². The highest BCUT2D eigenvalue weighted by Gasteiger charge is 2.31. The summed E-state index contributed by atoms with van der Waals surface area (Å²) in [6, 6.07) is 4.88. The third-order valence-electron chi connectivity index (χ3n) is 2.65. The first-order valence-corrected chi connectivity index (χ1v) is 6.00. The van der Waals surface area contributed by atoms with Crippen molar-refractivity contribution in [2.45, 2.75) is 13.1 Å². The largest absolute Gasteiger partial charge is 0.416 e. The van der Waals surface area contributed by atoms with E-state index in [0.717, 1.165) is 17.7 Å². The van der Waals surface area contributed by atoms with E-state index < -0.39 is 11.7 Å².